The fourth-order valence-electron chi connectivity index (χ4n) is 1.51. The van der Waals surface area contributed by atoms with Gasteiger partial charge in [0.1, 0.15) is 0 Å². The van der Waals surface area contributed by atoms with Gasteiger partial charge in [0.15, 0.2) is 17.2 Å². The number of carbonyl (C=O) groups is 1. The number of halogens is 1. The zero-order valence-corrected chi connectivity index (χ0v) is 11.4. The molecule has 2 rings (SSSR count). The van der Waals surface area contributed by atoms with E-state index in [9.17, 15) is 20.1 Å². The van der Waals surface area contributed by atoms with E-state index < -0.39 is 23.2 Å². The second kappa shape index (κ2) is 6.15. The van der Waals surface area contributed by atoms with Crippen LogP contribution < -0.4 is 5.43 Å². The van der Waals surface area contributed by atoms with Crippen molar-refractivity contribution in [3.63, 3.8) is 0 Å². The Bertz CT molecular complexity index is 676. The standard InChI is InChI=1S/C14H11ClN2O4/c15-10-3-1-8(2-4-10)7-16-17-14(21)9-5-11(18)13(20)12(19)6-9/h1-7,18-20H,(H,17,21)/b16-7+. The maximum absolute atomic E-state index is 11.8. The van der Waals surface area contributed by atoms with Crippen molar-refractivity contribution in [3.8, 4) is 17.2 Å². The van der Waals surface area contributed by atoms with E-state index >= 15 is 0 Å². The van der Waals surface area contributed by atoms with Crippen molar-refractivity contribution >= 4 is 23.7 Å². The Kier molecular flexibility index (Phi) is 4.30. The van der Waals surface area contributed by atoms with Crippen LogP contribution in [0.15, 0.2) is 41.5 Å². The number of hydrazone groups is 1. The number of phenols is 3. The molecule has 4 N–H and O–H groups in total. The molecule has 0 radical (unpaired) electrons. The molecule has 0 aromatic heterocycles. The van der Waals surface area contributed by atoms with Crippen LogP contribution in [0.25, 0.3) is 0 Å². The number of phenolic OH excluding ortho intramolecular Hbond substituents is 3. The predicted molar refractivity (Wildman–Crippen MR) is 77.9 cm³/mol. The number of amides is 1. The number of benzene rings is 2. The minimum absolute atomic E-state index is 0.0453. The summed E-state index contributed by atoms with van der Waals surface area (Å²) in [5.41, 5.74) is 2.92. The van der Waals surface area contributed by atoms with Gasteiger partial charge in [-0.25, -0.2) is 5.43 Å². The molecule has 0 saturated heterocycles. The van der Waals surface area contributed by atoms with Gasteiger partial charge in [0.25, 0.3) is 5.91 Å². The van der Waals surface area contributed by atoms with Crippen LogP contribution in [0.5, 0.6) is 17.2 Å². The highest BCUT2D eigenvalue weighted by Crippen LogP contribution is 2.35. The Hall–Kier alpha value is -2.73. The van der Waals surface area contributed by atoms with E-state index in [1.807, 2.05) is 0 Å². The first-order chi connectivity index (χ1) is 9.97. The molecular formula is C14H11ClN2O4. The summed E-state index contributed by atoms with van der Waals surface area (Å²) in [7, 11) is 0. The summed E-state index contributed by atoms with van der Waals surface area (Å²) in [6.07, 6.45) is 1.41. The van der Waals surface area contributed by atoms with Gasteiger partial charge in [-0.1, -0.05) is 23.7 Å². The van der Waals surface area contributed by atoms with Crippen LogP contribution in [-0.2, 0) is 0 Å². The molecule has 21 heavy (non-hydrogen) atoms. The summed E-state index contributed by atoms with van der Waals surface area (Å²) >= 11 is 5.74. The average molecular weight is 307 g/mol. The van der Waals surface area contributed by atoms with Gasteiger partial charge >= 0.3 is 0 Å². The van der Waals surface area contributed by atoms with Crippen molar-refractivity contribution < 1.29 is 20.1 Å². The Balaban J connectivity index is 2.06. The highest BCUT2D eigenvalue weighted by Gasteiger charge is 2.12. The van der Waals surface area contributed by atoms with Crippen molar-refractivity contribution in [2.75, 3.05) is 0 Å². The van der Waals surface area contributed by atoms with Gasteiger partial charge in [-0.15, -0.1) is 0 Å². The van der Waals surface area contributed by atoms with Gasteiger partial charge in [-0.3, -0.25) is 4.79 Å². The molecular weight excluding hydrogens is 296 g/mol. The van der Waals surface area contributed by atoms with E-state index in [1.54, 1.807) is 24.3 Å². The lowest BCUT2D eigenvalue weighted by Crippen LogP contribution is -2.17. The first-order valence-corrected chi connectivity index (χ1v) is 6.19. The molecule has 0 unspecified atom stereocenters. The Morgan fingerprint density at radius 2 is 1.67 bits per heavy atom. The number of aromatic hydroxyl groups is 3. The third-order valence-corrected chi connectivity index (χ3v) is 2.83. The van der Waals surface area contributed by atoms with Crippen LogP contribution in [0.1, 0.15) is 15.9 Å². The van der Waals surface area contributed by atoms with Crippen LogP contribution in [0, 0.1) is 0 Å². The summed E-state index contributed by atoms with van der Waals surface area (Å²) in [5, 5.41) is 32.1. The first-order valence-electron chi connectivity index (χ1n) is 5.81. The Morgan fingerprint density at radius 1 is 1.10 bits per heavy atom. The number of hydrogen-bond acceptors (Lipinski definition) is 5. The molecule has 0 heterocycles. The third-order valence-electron chi connectivity index (χ3n) is 2.58. The van der Waals surface area contributed by atoms with Crippen LogP contribution in [0.4, 0.5) is 0 Å². The number of carbonyl (C=O) groups excluding carboxylic acids is 1. The lowest BCUT2D eigenvalue weighted by molar-refractivity contribution is 0.0954. The summed E-state index contributed by atoms with van der Waals surface area (Å²) in [6.45, 7) is 0. The normalized spacial score (nSPS) is 10.7. The van der Waals surface area contributed by atoms with E-state index in [-0.39, 0.29) is 5.56 Å². The SMILES string of the molecule is O=C(N/N=C/c1ccc(Cl)cc1)c1cc(O)c(O)c(O)c1. The zero-order valence-electron chi connectivity index (χ0n) is 10.6. The molecule has 0 fully saturated rings. The maximum atomic E-state index is 11.8. The largest absolute Gasteiger partial charge is 0.504 e. The van der Waals surface area contributed by atoms with Crippen LogP contribution in [0.2, 0.25) is 5.02 Å². The smallest absolute Gasteiger partial charge is 0.271 e. The van der Waals surface area contributed by atoms with Crippen molar-refractivity contribution in [3.05, 3.63) is 52.5 Å². The summed E-state index contributed by atoms with van der Waals surface area (Å²) in [5.74, 6) is -2.52. The number of rotatable bonds is 3. The molecule has 0 spiro atoms. The molecule has 6 nitrogen and oxygen atoms in total. The molecule has 0 bridgehead atoms. The quantitative estimate of drug-likeness (QED) is 0.396. The minimum Gasteiger partial charge on any atom is -0.504 e. The zero-order chi connectivity index (χ0) is 15.4. The van der Waals surface area contributed by atoms with E-state index in [1.165, 1.54) is 6.21 Å². The fourth-order valence-corrected chi connectivity index (χ4v) is 1.64. The van der Waals surface area contributed by atoms with Gasteiger partial charge in [-0.05, 0) is 29.8 Å². The molecule has 0 saturated carbocycles. The van der Waals surface area contributed by atoms with Crippen molar-refractivity contribution in [1.82, 2.24) is 5.43 Å². The van der Waals surface area contributed by atoms with Gasteiger partial charge < -0.3 is 15.3 Å². The van der Waals surface area contributed by atoms with Crippen molar-refractivity contribution in [2.45, 2.75) is 0 Å². The van der Waals surface area contributed by atoms with Gasteiger partial charge in [0, 0.05) is 10.6 Å². The average Bonchev–Trinajstić information content (AvgIpc) is 2.46. The molecule has 0 aliphatic heterocycles. The molecule has 0 aliphatic carbocycles. The highest BCUT2D eigenvalue weighted by atomic mass is 35.5. The second-order valence-electron chi connectivity index (χ2n) is 4.11. The predicted octanol–water partition coefficient (Wildman–Crippen LogP) is 2.22. The van der Waals surface area contributed by atoms with Crippen LogP contribution in [-0.4, -0.2) is 27.4 Å². The van der Waals surface area contributed by atoms with E-state index in [4.69, 9.17) is 11.6 Å². The molecule has 0 aliphatic rings. The van der Waals surface area contributed by atoms with E-state index in [0.717, 1.165) is 17.7 Å². The first kappa shape index (κ1) is 14.7. The summed E-state index contributed by atoms with van der Waals surface area (Å²) in [6, 6.07) is 8.83. The lowest BCUT2D eigenvalue weighted by atomic mass is 10.2. The molecule has 0 atom stereocenters. The molecule has 1 amide bonds. The van der Waals surface area contributed by atoms with Gasteiger partial charge in [0.2, 0.25) is 0 Å². The number of nitrogens with zero attached hydrogens (tertiary/aromatic N) is 1. The molecule has 7 heteroatoms. The Morgan fingerprint density at radius 3 is 2.24 bits per heavy atom. The molecule has 2 aromatic rings. The summed E-state index contributed by atoms with van der Waals surface area (Å²) < 4.78 is 0. The second-order valence-corrected chi connectivity index (χ2v) is 4.55. The number of nitrogens with one attached hydrogen (secondary N) is 1. The molecule has 108 valence electrons. The topological polar surface area (TPSA) is 102 Å². The minimum atomic E-state index is -0.684. The monoisotopic (exact) mass is 306 g/mol. The number of hydrogen-bond donors (Lipinski definition) is 4. The molecule has 2 aromatic carbocycles. The van der Waals surface area contributed by atoms with E-state index in [2.05, 4.69) is 10.5 Å². The summed E-state index contributed by atoms with van der Waals surface area (Å²) in [4.78, 5) is 11.8. The lowest BCUT2D eigenvalue weighted by Gasteiger charge is -2.04. The fraction of sp³-hybridized carbons (Fsp3) is 0. The van der Waals surface area contributed by atoms with Gasteiger partial charge in [0.05, 0.1) is 6.21 Å². The van der Waals surface area contributed by atoms with Crippen LogP contribution >= 0.6 is 11.6 Å². The van der Waals surface area contributed by atoms with Gasteiger partial charge in [-0.2, -0.15) is 5.10 Å². The highest BCUT2D eigenvalue weighted by molar-refractivity contribution is 6.30. The van der Waals surface area contributed by atoms with Crippen molar-refractivity contribution in [2.24, 2.45) is 5.10 Å². The third kappa shape index (κ3) is 3.64. The van der Waals surface area contributed by atoms with Crippen molar-refractivity contribution in [1.29, 1.82) is 0 Å². The Labute approximate surface area is 124 Å². The maximum Gasteiger partial charge on any atom is 0.271 e. The van der Waals surface area contributed by atoms with E-state index in [0.29, 0.717) is 5.02 Å². The van der Waals surface area contributed by atoms with Crippen LogP contribution in [0.3, 0.4) is 0 Å².